The first-order chi connectivity index (χ1) is 11.8. The van der Waals surface area contributed by atoms with Gasteiger partial charge in [-0.2, -0.15) is 4.98 Å². The van der Waals surface area contributed by atoms with Crippen LogP contribution in [0.1, 0.15) is 11.5 Å². The van der Waals surface area contributed by atoms with Gasteiger partial charge in [0.05, 0.1) is 26.3 Å². The molecule has 3 heterocycles. The second-order valence-electron chi connectivity index (χ2n) is 5.74. The van der Waals surface area contributed by atoms with Gasteiger partial charge in [-0.05, 0) is 24.3 Å². The molecule has 0 radical (unpaired) electrons. The molecule has 6 nitrogen and oxygen atoms in total. The Hall–Kier alpha value is -2.38. The summed E-state index contributed by atoms with van der Waals surface area (Å²) in [6, 6.07) is 8.52. The quantitative estimate of drug-likeness (QED) is 0.775. The zero-order valence-electron chi connectivity index (χ0n) is 13.1. The highest BCUT2D eigenvalue weighted by Gasteiger charge is 2.13. The summed E-state index contributed by atoms with van der Waals surface area (Å²) in [5, 5.41) is 3.06. The summed E-state index contributed by atoms with van der Waals surface area (Å²) in [4.78, 5) is 6.51. The lowest BCUT2D eigenvalue weighted by molar-refractivity contribution is 0.0312. The molecule has 0 aliphatic carbocycles. The maximum absolute atomic E-state index is 13.2. The molecule has 0 atom stereocenters. The third-order valence-corrected chi connectivity index (χ3v) is 3.96. The molecule has 126 valence electrons. The third kappa shape index (κ3) is 3.42. The number of anilines is 1. The summed E-state index contributed by atoms with van der Waals surface area (Å²) in [5.74, 6) is 1.39. The highest BCUT2D eigenvalue weighted by Crippen LogP contribution is 2.20. The Morgan fingerprint density at radius 3 is 2.79 bits per heavy atom. The number of oxazole rings is 1. The molecule has 24 heavy (non-hydrogen) atoms. The number of furan rings is 1. The van der Waals surface area contributed by atoms with Crippen molar-refractivity contribution in [3.05, 3.63) is 47.7 Å². The first kappa shape index (κ1) is 15.2. The SMILES string of the molecule is Fc1ccc2oc(NCc3ccc(CN4CCOCC4)o3)nc2c1. The molecule has 0 saturated carbocycles. The lowest BCUT2D eigenvalue weighted by Gasteiger charge is -2.25. The highest BCUT2D eigenvalue weighted by molar-refractivity contribution is 5.74. The molecule has 2 aromatic heterocycles. The molecular weight excluding hydrogens is 313 g/mol. The van der Waals surface area contributed by atoms with E-state index in [0.29, 0.717) is 23.7 Å². The minimum Gasteiger partial charge on any atom is -0.463 e. The molecular formula is C17H18FN3O3. The van der Waals surface area contributed by atoms with E-state index < -0.39 is 0 Å². The van der Waals surface area contributed by atoms with E-state index in [9.17, 15) is 4.39 Å². The number of nitrogens with zero attached hydrogens (tertiary/aromatic N) is 2. The number of hydrogen-bond donors (Lipinski definition) is 1. The van der Waals surface area contributed by atoms with Crippen molar-refractivity contribution in [3.8, 4) is 0 Å². The maximum atomic E-state index is 13.2. The van der Waals surface area contributed by atoms with Crippen LogP contribution in [0.3, 0.4) is 0 Å². The van der Waals surface area contributed by atoms with Crippen molar-refractivity contribution in [2.24, 2.45) is 0 Å². The van der Waals surface area contributed by atoms with Gasteiger partial charge in [-0.25, -0.2) is 4.39 Å². The number of halogens is 1. The first-order valence-corrected chi connectivity index (χ1v) is 7.94. The molecule has 1 fully saturated rings. The van der Waals surface area contributed by atoms with Crippen LogP contribution < -0.4 is 5.32 Å². The predicted molar refractivity (Wildman–Crippen MR) is 86.1 cm³/mol. The van der Waals surface area contributed by atoms with Crippen LogP contribution in [0.2, 0.25) is 0 Å². The molecule has 0 bridgehead atoms. The topological polar surface area (TPSA) is 63.7 Å². The van der Waals surface area contributed by atoms with Crippen molar-refractivity contribution in [2.75, 3.05) is 31.6 Å². The summed E-state index contributed by atoms with van der Waals surface area (Å²) in [5.41, 5.74) is 1.04. The summed E-state index contributed by atoms with van der Waals surface area (Å²) in [7, 11) is 0. The normalized spacial score (nSPS) is 15.9. The van der Waals surface area contributed by atoms with Gasteiger partial charge in [-0.1, -0.05) is 0 Å². The third-order valence-electron chi connectivity index (χ3n) is 3.96. The molecule has 3 aromatic rings. The maximum Gasteiger partial charge on any atom is 0.296 e. The molecule has 1 saturated heterocycles. The van der Waals surface area contributed by atoms with Crippen molar-refractivity contribution < 1.29 is 18.0 Å². The molecule has 1 aliphatic heterocycles. The average Bonchev–Trinajstić information content (AvgIpc) is 3.20. The van der Waals surface area contributed by atoms with E-state index in [1.807, 2.05) is 12.1 Å². The van der Waals surface area contributed by atoms with Crippen LogP contribution in [0.4, 0.5) is 10.4 Å². The number of hydrogen-bond acceptors (Lipinski definition) is 6. The zero-order chi connectivity index (χ0) is 16.4. The fourth-order valence-electron chi connectivity index (χ4n) is 2.72. The van der Waals surface area contributed by atoms with Gasteiger partial charge in [-0.15, -0.1) is 0 Å². The van der Waals surface area contributed by atoms with E-state index in [1.54, 1.807) is 6.07 Å². The number of ether oxygens (including phenoxy) is 1. The molecule has 0 amide bonds. The number of benzene rings is 1. The molecule has 0 unspecified atom stereocenters. The molecule has 4 rings (SSSR count). The predicted octanol–water partition coefficient (Wildman–Crippen LogP) is 3.00. The Morgan fingerprint density at radius 2 is 1.92 bits per heavy atom. The first-order valence-electron chi connectivity index (χ1n) is 7.94. The van der Waals surface area contributed by atoms with Crippen molar-refractivity contribution in [1.29, 1.82) is 0 Å². The van der Waals surface area contributed by atoms with Crippen LogP contribution in [0, 0.1) is 5.82 Å². The van der Waals surface area contributed by atoms with E-state index >= 15 is 0 Å². The van der Waals surface area contributed by atoms with Gasteiger partial charge in [-0.3, -0.25) is 4.90 Å². The summed E-state index contributed by atoms with van der Waals surface area (Å²) in [6.45, 7) is 4.63. The van der Waals surface area contributed by atoms with E-state index in [4.69, 9.17) is 13.6 Å². The minimum atomic E-state index is -0.332. The van der Waals surface area contributed by atoms with Gasteiger partial charge in [0.1, 0.15) is 22.9 Å². The van der Waals surface area contributed by atoms with Gasteiger partial charge >= 0.3 is 0 Å². The Balaban J connectivity index is 1.36. The van der Waals surface area contributed by atoms with Crippen LogP contribution in [0.15, 0.2) is 39.2 Å². The lowest BCUT2D eigenvalue weighted by atomic mass is 10.3. The lowest BCUT2D eigenvalue weighted by Crippen LogP contribution is -2.35. The van der Waals surface area contributed by atoms with E-state index in [0.717, 1.165) is 44.4 Å². The van der Waals surface area contributed by atoms with Gasteiger partial charge in [0.15, 0.2) is 5.58 Å². The fraction of sp³-hybridized carbons (Fsp3) is 0.353. The largest absolute Gasteiger partial charge is 0.463 e. The second-order valence-corrected chi connectivity index (χ2v) is 5.74. The van der Waals surface area contributed by atoms with Crippen LogP contribution in [0.25, 0.3) is 11.1 Å². The molecule has 1 aromatic carbocycles. The Labute approximate surface area is 138 Å². The van der Waals surface area contributed by atoms with Gasteiger partial charge in [0, 0.05) is 19.2 Å². The summed E-state index contributed by atoms with van der Waals surface area (Å²) < 4.78 is 29.8. The van der Waals surface area contributed by atoms with E-state index in [2.05, 4.69) is 15.2 Å². The Morgan fingerprint density at radius 1 is 1.08 bits per heavy atom. The zero-order valence-corrected chi connectivity index (χ0v) is 13.1. The monoisotopic (exact) mass is 331 g/mol. The highest BCUT2D eigenvalue weighted by atomic mass is 19.1. The smallest absolute Gasteiger partial charge is 0.296 e. The van der Waals surface area contributed by atoms with Crippen LogP contribution in [-0.2, 0) is 17.8 Å². The van der Waals surface area contributed by atoms with E-state index in [1.165, 1.54) is 12.1 Å². The standard InChI is InChI=1S/C17H18FN3O3/c18-12-1-4-16-15(9-12)20-17(24-16)19-10-13-2-3-14(23-13)11-21-5-7-22-8-6-21/h1-4,9H,5-8,10-11H2,(H,19,20). The molecule has 0 spiro atoms. The van der Waals surface area contributed by atoms with Crippen molar-refractivity contribution in [2.45, 2.75) is 13.1 Å². The van der Waals surface area contributed by atoms with Crippen molar-refractivity contribution >= 4 is 17.1 Å². The number of rotatable bonds is 5. The number of fused-ring (bicyclic) bond motifs is 1. The second kappa shape index (κ2) is 6.62. The molecule has 7 heteroatoms. The number of nitrogens with one attached hydrogen (secondary N) is 1. The van der Waals surface area contributed by atoms with Gasteiger partial charge in [0.2, 0.25) is 0 Å². The van der Waals surface area contributed by atoms with Crippen molar-refractivity contribution in [3.63, 3.8) is 0 Å². The number of aromatic nitrogens is 1. The Bertz CT molecular complexity index is 823. The average molecular weight is 331 g/mol. The van der Waals surface area contributed by atoms with Gasteiger partial charge < -0.3 is 18.9 Å². The number of morpholine rings is 1. The molecule has 1 N–H and O–H groups in total. The molecule has 1 aliphatic rings. The van der Waals surface area contributed by atoms with Crippen LogP contribution in [0.5, 0.6) is 0 Å². The fourth-order valence-corrected chi connectivity index (χ4v) is 2.72. The van der Waals surface area contributed by atoms with Gasteiger partial charge in [0.25, 0.3) is 6.01 Å². The van der Waals surface area contributed by atoms with E-state index in [-0.39, 0.29) is 5.82 Å². The van der Waals surface area contributed by atoms with Crippen LogP contribution in [-0.4, -0.2) is 36.2 Å². The summed E-state index contributed by atoms with van der Waals surface area (Å²) in [6.07, 6.45) is 0. The van der Waals surface area contributed by atoms with Crippen LogP contribution >= 0.6 is 0 Å². The minimum absolute atomic E-state index is 0.332. The van der Waals surface area contributed by atoms with Crippen molar-refractivity contribution in [1.82, 2.24) is 9.88 Å². The summed E-state index contributed by atoms with van der Waals surface area (Å²) >= 11 is 0. The Kier molecular flexibility index (Phi) is 4.18.